The van der Waals surface area contributed by atoms with E-state index in [0.29, 0.717) is 41.4 Å². The monoisotopic (exact) mass is 625 g/mol. The molecule has 3 aromatic carbocycles. The summed E-state index contributed by atoms with van der Waals surface area (Å²) in [6, 6.07) is 15.2. The second kappa shape index (κ2) is 12.0. The van der Waals surface area contributed by atoms with E-state index in [-0.39, 0.29) is 11.5 Å². The van der Waals surface area contributed by atoms with Gasteiger partial charge in [-0.05, 0) is 102 Å². The van der Waals surface area contributed by atoms with Crippen molar-refractivity contribution in [3.8, 4) is 28.6 Å². The van der Waals surface area contributed by atoms with Crippen molar-refractivity contribution in [2.75, 3.05) is 20.3 Å². The van der Waals surface area contributed by atoms with Crippen LogP contribution in [0.3, 0.4) is 0 Å². The van der Waals surface area contributed by atoms with Crippen molar-refractivity contribution < 1.29 is 14.2 Å². The van der Waals surface area contributed by atoms with Gasteiger partial charge in [-0.2, -0.15) is 9.78 Å². The zero-order valence-electron chi connectivity index (χ0n) is 22.5. The molecule has 0 fully saturated rings. The van der Waals surface area contributed by atoms with E-state index < -0.39 is 0 Å². The minimum absolute atomic E-state index is 0.219. The zero-order chi connectivity index (χ0) is 27.4. The Hall–Kier alpha value is -3.40. The fraction of sp³-hybridized carbons (Fsp3) is 0.300. The molecule has 8 heteroatoms. The number of methoxy groups -OCH3 is 1. The first-order chi connectivity index (χ1) is 18.3. The maximum atomic E-state index is 13.7. The Kier molecular flexibility index (Phi) is 8.71. The van der Waals surface area contributed by atoms with Crippen molar-refractivity contribution in [2.24, 2.45) is 5.10 Å². The molecule has 0 radical (unpaired) electrons. The number of rotatable bonds is 9. The van der Waals surface area contributed by atoms with E-state index >= 15 is 0 Å². The number of halogens is 1. The maximum Gasteiger partial charge on any atom is 0.282 e. The summed E-state index contributed by atoms with van der Waals surface area (Å²) in [5, 5.41) is 5.16. The number of para-hydroxylation sites is 1. The summed E-state index contributed by atoms with van der Waals surface area (Å²) in [6.45, 7) is 11.1. The largest absolute Gasteiger partial charge is 0.496 e. The lowest BCUT2D eigenvalue weighted by molar-refractivity contribution is 0.286. The highest BCUT2D eigenvalue weighted by Gasteiger charge is 2.18. The summed E-state index contributed by atoms with van der Waals surface area (Å²) in [5.74, 6) is 2.84. The van der Waals surface area contributed by atoms with Crippen molar-refractivity contribution in [1.82, 2.24) is 9.66 Å². The predicted molar refractivity (Wildman–Crippen MR) is 161 cm³/mol. The third kappa shape index (κ3) is 5.55. The third-order valence-electron chi connectivity index (χ3n) is 6.14. The first-order valence-corrected chi connectivity index (χ1v) is 13.7. The first kappa shape index (κ1) is 27.6. The summed E-state index contributed by atoms with van der Waals surface area (Å²) in [5.41, 5.74) is 3.95. The molecule has 0 aliphatic carbocycles. The highest BCUT2D eigenvalue weighted by Crippen LogP contribution is 2.35. The molecular formula is C30H32IN3O4. The van der Waals surface area contributed by atoms with E-state index in [1.165, 1.54) is 4.68 Å². The first-order valence-electron chi connectivity index (χ1n) is 12.6. The van der Waals surface area contributed by atoms with Gasteiger partial charge in [0.2, 0.25) is 0 Å². The van der Waals surface area contributed by atoms with Crippen LogP contribution >= 0.6 is 22.6 Å². The molecule has 0 spiro atoms. The average molecular weight is 626 g/mol. The summed E-state index contributed by atoms with van der Waals surface area (Å²) in [4.78, 5) is 18.6. The van der Waals surface area contributed by atoms with Crippen molar-refractivity contribution in [1.29, 1.82) is 0 Å². The molecule has 7 nitrogen and oxygen atoms in total. The van der Waals surface area contributed by atoms with E-state index in [1.807, 2.05) is 57.2 Å². The molecule has 0 saturated carbocycles. The molecule has 0 bridgehead atoms. The second-order valence-electron chi connectivity index (χ2n) is 9.07. The maximum absolute atomic E-state index is 13.7. The van der Waals surface area contributed by atoms with Gasteiger partial charge in [0, 0.05) is 5.56 Å². The van der Waals surface area contributed by atoms with Crippen LogP contribution in [0.15, 0.2) is 58.4 Å². The van der Waals surface area contributed by atoms with Gasteiger partial charge < -0.3 is 14.2 Å². The lowest BCUT2D eigenvalue weighted by atomic mass is 9.96. The summed E-state index contributed by atoms with van der Waals surface area (Å²) < 4.78 is 19.5. The van der Waals surface area contributed by atoms with Gasteiger partial charge in [-0.15, -0.1) is 0 Å². The Balaban J connectivity index is 1.94. The van der Waals surface area contributed by atoms with Gasteiger partial charge in [0.25, 0.3) is 5.56 Å². The molecule has 0 amide bonds. The smallest absolute Gasteiger partial charge is 0.282 e. The van der Waals surface area contributed by atoms with Crippen LogP contribution in [0.1, 0.15) is 50.3 Å². The van der Waals surface area contributed by atoms with Gasteiger partial charge in [0.1, 0.15) is 5.75 Å². The minimum atomic E-state index is -0.242. The van der Waals surface area contributed by atoms with Crippen LogP contribution in [0.5, 0.6) is 17.2 Å². The molecule has 4 rings (SSSR count). The molecule has 0 unspecified atom stereocenters. The molecule has 0 aliphatic heterocycles. The predicted octanol–water partition coefficient (Wildman–Crippen LogP) is 6.79. The molecule has 0 N–H and O–H groups in total. The highest BCUT2D eigenvalue weighted by atomic mass is 127. The lowest BCUT2D eigenvalue weighted by Crippen LogP contribution is -2.21. The number of fused-ring (bicyclic) bond motifs is 1. The second-order valence-corrected chi connectivity index (χ2v) is 10.2. The number of hydrogen-bond donors (Lipinski definition) is 0. The van der Waals surface area contributed by atoms with Gasteiger partial charge >= 0.3 is 0 Å². The van der Waals surface area contributed by atoms with Crippen LogP contribution in [0.2, 0.25) is 0 Å². The van der Waals surface area contributed by atoms with Crippen LogP contribution in [0, 0.1) is 10.5 Å². The van der Waals surface area contributed by atoms with Crippen molar-refractivity contribution in [3.05, 3.63) is 79.1 Å². The molecule has 4 aromatic rings. The number of aryl methyl sites for hydroxylation is 1. The number of ether oxygens (including phenoxy) is 3. The van der Waals surface area contributed by atoms with Gasteiger partial charge in [-0.1, -0.05) is 26.0 Å². The van der Waals surface area contributed by atoms with E-state index in [0.717, 1.165) is 31.6 Å². The summed E-state index contributed by atoms with van der Waals surface area (Å²) in [6.07, 6.45) is 1.66. The van der Waals surface area contributed by atoms with Gasteiger partial charge in [0.15, 0.2) is 17.3 Å². The van der Waals surface area contributed by atoms with E-state index in [4.69, 9.17) is 19.2 Å². The van der Waals surface area contributed by atoms with Gasteiger partial charge in [0.05, 0.1) is 41.0 Å². The van der Waals surface area contributed by atoms with Gasteiger partial charge in [-0.3, -0.25) is 4.79 Å². The Morgan fingerprint density at radius 1 is 1.05 bits per heavy atom. The molecule has 1 heterocycles. The molecule has 0 aliphatic rings. The minimum Gasteiger partial charge on any atom is -0.496 e. The Bertz CT molecular complexity index is 1560. The topological polar surface area (TPSA) is 74.9 Å². The average Bonchev–Trinajstić information content (AvgIpc) is 2.90. The third-order valence-corrected chi connectivity index (χ3v) is 6.94. The lowest BCUT2D eigenvalue weighted by Gasteiger charge is -2.17. The molecule has 1 aromatic heterocycles. The van der Waals surface area contributed by atoms with Gasteiger partial charge in [-0.25, -0.2) is 4.98 Å². The molecule has 198 valence electrons. The molecular weight excluding hydrogens is 593 g/mol. The fourth-order valence-electron chi connectivity index (χ4n) is 4.31. The molecule has 38 heavy (non-hydrogen) atoms. The normalized spacial score (nSPS) is 11.5. The summed E-state index contributed by atoms with van der Waals surface area (Å²) in [7, 11) is 1.67. The number of benzene rings is 3. The van der Waals surface area contributed by atoms with E-state index in [1.54, 1.807) is 19.4 Å². The van der Waals surface area contributed by atoms with Crippen molar-refractivity contribution in [3.63, 3.8) is 0 Å². The molecule has 0 atom stereocenters. The highest BCUT2D eigenvalue weighted by molar-refractivity contribution is 14.1. The Morgan fingerprint density at radius 2 is 1.79 bits per heavy atom. The zero-order valence-corrected chi connectivity index (χ0v) is 24.7. The van der Waals surface area contributed by atoms with Crippen LogP contribution in [-0.4, -0.2) is 36.2 Å². The SMILES string of the molecule is CCOc1cc(C=Nn2c(-c3cc(C(C)C)c(OC)cc3C)nc3ccccc3c2=O)cc(I)c1OCC. The van der Waals surface area contributed by atoms with E-state index in [9.17, 15) is 4.79 Å². The van der Waals surface area contributed by atoms with Crippen LogP contribution < -0.4 is 19.8 Å². The summed E-state index contributed by atoms with van der Waals surface area (Å²) >= 11 is 2.22. The van der Waals surface area contributed by atoms with E-state index in [2.05, 4.69) is 47.6 Å². The Morgan fingerprint density at radius 3 is 2.47 bits per heavy atom. The quantitative estimate of drug-likeness (QED) is 0.151. The number of aromatic nitrogens is 2. The van der Waals surface area contributed by atoms with Crippen LogP contribution in [-0.2, 0) is 0 Å². The Labute approximate surface area is 236 Å². The van der Waals surface area contributed by atoms with Crippen LogP contribution in [0.25, 0.3) is 22.3 Å². The van der Waals surface area contributed by atoms with Crippen LogP contribution in [0.4, 0.5) is 0 Å². The van der Waals surface area contributed by atoms with Crippen molar-refractivity contribution >= 4 is 39.7 Å². The molecule has 0 saturated heterocycles. The van der Waals surface area contributed by atoms with Crippen molar-refractivity contribution in [2.45, 2.75) is 40.5 Å². The number of nitrogens with zero attached hydrogens (tertiary/aromatic N) is 3. The fourth-order valence-corrected chi connectivity index (χ4v) is 5.09. The standard InChI is InChI=1S/C30H32IN3O4/c1-7-37-27-15-20(14-24(31)28(27)38-8-2)17-32-34-29(33-25-12-10-9-11-21(25)30(34)35)23-16-22(18(3)4)26(36-6)13-19(23)5/h9-18H,7-8H2,1-6H3. The number of hydrogen-bond acceptors (Lipinski definition) is 6.